The molecule has 4 nitrogen and oxygen atoms in total. The molecule has 7 heteroatoms. The summed E-state index contributed by atoms with van der Waals surface area (Å²) in [4.78, 5) is 13.4. The van der Waals surface area contributed by atoms with E-state index in [1.807, 2.05) is 25.8 Å². The number of nitrogens with zero attached hydrogens (tertiary/aromatic N) is 1. The molecule has 1 unspecified atom stereocenters. The van der Waals surface area contributed by atoms with E-state index in [0.29, 0.717) is 0 Å². The van der Waals surface area contributed by atoms with E-state index in [2.05, 4.69) is 4.74 Å². The highest BCUT2D eigenvalue weighted by molar-refractivity contribution is 7.17. The zero-order valence-electron chi connectivity index (χ0n) is 14.2. The highest BCUT2D eigenvalue weighted by Gasteiger charge is 2.23. The lowest BCUT2D eigenvalue weighted by molar-refractivity contribution is -0.0892. The molecule has 0 amide bonds. The number of rotatable bonds is 6. The lowest BCUT2D eigenvalue weighted by Gasteiger charge is -2.24. The molecule has 0 aliphatic carbocycles. The van der Waals surface area contributed by atoms with Crippen LogP contribution in [0.2, 0.25) is 0 Å². The Balaban J connectivity index is 2.54. The smallest absolute Gasteiger partial charge is 0.408 e. The van der Waals surface area contributed by atoms with Gasteiger partial charge in [0.05, 0.1) is 5.56 Å². The van der Waals surface area contributed by atoms with Gasteiger partial charge in [-0.15, -0.1) is 0 Å². The summed E-state index contributed by atoms with van der Waals surface area (Å²) < 4.78 is 30.3. The van der Waals surface area contributed by atoms with E-state index in [0.717, 1.165) is 28.9 Å². The Morgan fingerprint density at radius 2 is 1.88 bits per heavy atom. The molecule has 134 valence electrons. The molecule has 2 aromatic rings. The first kappa shape index (κ1) is 19.1. The number of aryl methyl sites for hydroxylation is 1. The fourth-order valence-corrected chi connectivity index (χ4v) is 2.78. The van der Waals surface area contributed by atoms with E-state index in [4.69, 9.17) is 0 Å². The first-order valence-corrected chi connectivity index (χ1v) is 8.25. The molecule has 2 rings (SSSR count). The highest BCUT2D eigenvalue weighted by atomic mass is 31.0. The number of carboxylic acid groups (broad SMARTS) is 1. The Bertz CT molecular complexity index is 773. The monoisotopic (exact) mass is 367 g/mol. The van der Waals surface area contributed by atoms with Crippen molar-refractivity contribution >= 4 is 20.9 Å². The third-order valence-corrected chi connectivity index (χ3v) is 3.94. The summed E-state index contributed by atoms with van der Waals surface area (Å²) in [5.41, 5.74) is 3.36. The molecular weight excluding hydrogens is 347 g/mol. The normalized spacial score (nSPS) is 11.3. The van der Waals surface area contributed by atoms with Crippen molar-refractivity contribution in [2.45, 2.75) is 19.7 Å². The van der Waals surface area contributed by atoms with Crippen LogP contribution in [0.4, 0.5) is 14.5 Å². The molecule has 0 radical (unpaired) electrons. The van der Waals surface area contributed by atoms with Crippen molar-refractivity contribution in [3.05, 3.63) is 47.5 Å². The summed E-state index contributed by atoms with van der Waals surface area (Å²) in [5, 5.41) is 9.32. The number of carbonyl (C=O) groups is 1. The average Bonchev–Trinajstić information content (AvgIpc) is 2.52. The van der Waals surface area contributed by atoms with E-state index in [9.17, 15) is 18.7 Å². The van der Waals surface area contributed by atoms with Crippen molar-refractivity contribution in [1.29, 1.82) is 0 Å². The van der Waals surface area contributed by atoms with E-state index < -0.39 is 11.8 Å². The van der Waals surface area contributed by atoms with Crippen LogP contribution in [0, 0.1) is 6.92 Å². The predicted molar refractivity (Wildman–Crippen MR) is 97.8 cm³/mol. The molecule has 0 bridgehead atoms. The van der Waals surface area contributed by atoms with Crippen LogP contribution in [-0.4, -0.2) is 30.5 Å². The van der Waals surface area contributed by atoms with E-state index >= 15 is 0 Å². The SMILES string of the molecule is CCN(C)c1c(C)cc(C(=O)O)cc1-c1ccc(OC(F)(F)P)cc1. The largest absolute Gasteiger partial charge is 0.478 e. The summed E-state index contributed by atoms with van der Waals surface area (Å²) in [7, 11) is 3.24. The molecule has 0 saturated heterocycles. The second-order valence-corrected chi connectivity index (χ2v) is 6.37. The average molecular weight is 367 g/mol. The lowest BCUT2D eigenvalue weighted by Crippen LogP contribution is -2.18. The zero-order valence-corrected chi connectivity index (χ0v) is 15.4. The van der Waals surface area contributed by atoms with Crippen LogP contribution < -0.4 is 9.64 Å². The minimum absolute atomic E-state index is 0.0280. The van der Waals surface area contributed by atoms with Crippen LogP contribution in [0.5, 0.6) is 5.75 Å². The Hall–Kier alpha value is -2.20. The molecule has 1 atom stereocenters. The van der Waals surface area contributed by atoms with Crippen LogP contribution >= 0.6 is 9.24 Å². The molecule has 1 N–H and O–H groups in total. The van der Waals surface area contributed by atoms with Gasteiger partial charge in [-0.2, -0.15) is 8.78 Å². The summed E-state index contributed by atoms with van der Waals surface area (Å²) >= 11 is 0. The van der Waals surface area contributed by atoms with E-state index in [-0.39, 0.29) is 11.3 Å². The minimum Gasteiger partial charge on any atom is -0.478 e. The summed E-state index contributed by atoms with van der Waals surface area (Å²) in [6.07, 6.45) is 0. The van der Waals surface area contributed by atoms with Gasteiger partial charge >= 0.3 is 11.8 Å². The maximum atomic E-state index is 12.9. The number of ether oxygens (including phenoxy) is 1. The van der Waals surface area contributed by atoms with Gasteiger partial charge in [-0.25, -0.2) is 4.79 Å². The highest BCUT2D eigenvalue weighted by Crippen LogP contribution is 2.36. The van der Waals surface area contributed by atoms with Gasteiger partial charge in [0.2, 0.25) is 0 Å². The third-order valence-electron chi connectivity index (χ3n) is 3.82. The van der Waals surface area contributed by atoms with Crippen LogP contribution in [-0.2, 0) is 0 Å². The minimum atomic E-state index is -3.34. The molecule has 0 heterocycles. The molecule has 0 spiro atoms. The number of hydrogen-bond acceptors (Lipinski definition) is 3. The molecule has 0 aliphatic heterocycles. The number of halogens is 2. The van der Waals surface area contributed by atoms with Crippen LogP contribution in [0.3, 0.4) is 0 Å². The van der Waals surface area contributed by atoms with Crippen molar-refractivity contribution < 1.29 is 23.4 Å². The third kappa shape index (κ3) is 4.67. The van der Waals surface area contributed by atoms with Crippen molar-refractivity contribution in [1.82, 2.24) is 0 Å². The summed E-state index contributed by atoms with van der Waals surface area (Å²) in [6.45, 7) is 4.58. The molecule has 25 heavy (non-hydrogen) atoms. The fourth-order valence-electron chi connectivity index (χ4n) is 2.65. The second-order valence-electron chi connectivity index (χ2n) is 5.70. The standard InChI is InChI=1S/C18H20F2NO3P/c1-4-21(3)16-11(2)9-13(17(22)23)10-15(16)12-5-7-14(8-6-12)24-18(19,20)25/h5-10H,4,25H2,1-3H3,(H,22,23). The fraction of sp³-hybridized carbons (Fsp3) is 0.278. The molecule has 0 fully saturated rings. The summed E-state index contributed by atoms with van der Waals surface area (Å²) in [5.74, 6) is -4.33. The maximum absolute atomic E-state index is 12.9. The number of benzene rings is 2. The topological polar surface area (TPSA) is 49.8 Å². The molecular formula is C18H20F2NO3P. The molecule has 0 saturated carbocycles. The van der Waals surface area contributed by atoms with Gasteiger partial charge in [-0.3, -0.25) is 0 Å². The second kappa shape index (κ2) is 7.36. The first-order chi connectivity index (χ1) is 11.6. The Morgan fingerprint density at radius 1 is 1.28 bits per heavy atom. The van der Waals surface area contributed by atoms with Crippen molar-refractivity contribution in [2.24, 2.45) is 0 Å². The van der Waals surface area contributed by atoms with Gasteiger partial charge < -0.3 is 14.7 Å². The Morgan fingerprint density at radius 3 is 2.36 bits per heavy atom. The number of alkyl halides is 2. The van der Waals surface area contributed by atoms with Gasteiger partial charge in [0, 0.05) is 24.8 Å². The molecule has 0 aromatic heterocycles. The predicted octanol–water partition coefficient (Wildman–Crippen LogP) is 4.62. The van der Waals surface area contributed by atoms with Crippen molar-refractivity contribution in [2.75, 3.05) is 18.5 Å². The quantitative estimate of drug-likeness (QED) is 0.757. The molecule has 0 aliphatic rings. The van der Waals surface area contributed by atoms with E-state index in [1.165, 1.54) is 21.4 Å². The van der Waals surface area contributed by atoms with E-state index in [1.54, 1.807) is 24.3 Å². The van der Waals surface area contributed by atoms with Crippen LogP contribution in [0.15, 0.2) is 36.4 Å². The van der Waals surface area contributed by atoms with Crippen molar-refractivity contribution in [3.63, 3.8) is 0 Å². The van der Waals surface area contributed by atoms with Gasteiger partial charge in [-0.05, 0) is 58.5 Å². The van der Waals surface area contributed by atoms with Crippen molar-refractivity contribution in [3.8, 4) is 16.9 Å². The molecule has 2 aromatic carbocycles. The Labute approximate surface area is 147 Å². The number of hydrogen-bond donors (Lipinski definition) is 1. The van der Waals surface area contributed by atoms with Gasteiger partial charge in [0.25, 0.3) is 0 Å². The number of aromatic carboxylic acids is 1. The van der Waals surface area contributed by atoms with Gasteiger partial charge in [0.15, 0.2) is 0 Å². The Kier molecular flexibility index (Phi) is 5.63. The van der Waals surface area contributed by atoms with Crippen LogP contribution in [0.25, 0.3) is 11.1 Å². The maximum Gasteiger partial charge on any atom is 0.408 e. The lowest BCUT2D eigenvalue weighted by atomic mass is 9.96. The van der Waals surface area contributed by atoms with Crippen LogP contribution in [0.1, 0.15) is 22.8 Å². The van der Waals surface area contributed by atoms with Gasteiger partial charge in [0.1, 0.15) is 5.75 Å². The summed E-state index contributed by atoms with van der Waals surface area (Å²) in [6, 6.07) is 9.37. The first-order valence-electron chi connectivity index (χ1n) is 7.67. The zero-order chi connectivity index (χ0) is 18.8. The number of carboxylic acids is 1. The number of anilines is 1. The van der Waals surface area contributed by atoms with Gasteiger partial charge in [-0.1, -0.05) is 12.1 Å².